The Morgan fingerprint density at radius 1 is 1.14 bits per heavy atom. The molecule has 1 atom stereocenters. The van der Waals surface area contributed by atoms with Crippen LogP contribution < -0.4 is 5.73 Å². The summed E-state index contributed by atoms with van der Waals surface area (Å²) < 4.78 is 45.1. The maximum atomic E-state index is 11.7. The van der Waals surface area contributed by atoms with Crippen LogP contribution in [0.1, 0.15) is 34.1 Å². The molecule has 0 aromatic rings. The Hall–Kier alpha value is -0.320. The third kappa shape index (κ3) is 5.76. The fourth-order valence-corrected chi connectivity index (χ4v) is 5.83. The van der Waals surface area contributed by atoms with Crippen LogP contribution in [0.25, 0.3) is 0 Å². The molecule has 128 valence electrons. The summed E-state index contributed by atoms with van der Waals surface area (Å²) in [6.45, 7) is 5.81. The monoisotopic (exact) mass is 363 g/mol. The van der Waals surface area contributed by atoms with Crippen molar-refractivity contribution in [1.29, 1.82) is 0 Å². The molecule has 3 N–H and O–H groups in total. The van der Waals surface area contributed by atoms with Crippen molar-refractivity contribution >= 4 is 38.3 Å². The van der Waals surface area contributed by atoms with E-state index in [1.54, 1.807) is 6.92 Å². The third-order valence-electron chi connectivity index (χ3n) is 3.23. The first kappa shape index (κ1) is 23.0. The minimum Gasteiger partial charge on any atom is -0.480 e. The average molecular weight is 364 g/mol. The first-order valence-corrected chi connectivity index (χ1v) is 10.3. The molecule has 0 aromatic carbocycles. The molecule has 10 heteroatoms. The Kier molecular flexibility index (Phi) is 9.80. The van der Waals surface area contributed by atoms with E-state index in [1.807, 2.05) is 0 Å². The summed E-state index contributed by atoms with van der Waals surface area (Å²) in [5.41, 5.74) is 4.94. The number of sulfone groups is 2. The second kappa shape index (κ2) is 8.96. The van der Waals surface area contributed by atoms with Crippen molar-refractivity contribution < 1.29 is 26.7 Å². The van der Waals surface area contributed by atoms with Crippen LogP contribution in [0.3, 0.4) is 0 Å². The summed E-state index contributed by atoms with van der Waals surface area (Å²) in [6.07, 6.45) is 0.0966. The summed E-state index contributed by atoms with van der Waals surface area (Å²) >= 11 is 3.65. The molecular weight excluding hydrogens is 338 g/mol. The molecule has 0 saturated heterocycles. The van der Waals surface area contributed by atoms with E-state index < -0.39 is 35.8 Å². The van der Waals surface area contributed by atoms with Gasteiger partial charge in [0.25, 0.3) is 0 Å². The number of nitrogens with two attached hydrogens (primary N) is 1. The molecule has 0 bridgehead atoms. The zero-order valence-corrected chi connectivity index (χ0v) is 15.3. The van der Waals surface area contributed by atoms with E-state index in [1.165, 1.54) is 20.8 Å². The molecule has 1 unspecified atom stereocenters. The molecule has 0 saturated carbocycles. The standard InChI is InChI=1S/C8H18O4S2.C3H7NO2S/c1-5-8(4,13(9,10)6-2)14(11,12)7-3;4-2(1-7)3(5)6/h5-7H2,1-4H3;2,7H,1,4H2,(H,5,6). The zero-order valence-electron chi connectivity index (χ0n) is 12.7. The van der Waals surface area contributed by atoms with E-state index in [0.29, 0.717) is 0 Å². The molecule has 0 aliphatic rings. The third-order valence-corrected chi connectivity index (χ3v) is 9.88. The Morgan fingerprint density at radius 2 is 1.48 bits per heavy atom. The van der Waals surface area contributed by atoms with Gasteiger partial charge in [0, 0.05) is 17.3 Å². The van der Waals surface area contributed by atoms with E-state index in [2.05, 4.69) is 12.6 Å². The highest BCUT2D eigenvalue weighted by molar-refractivity contribution is 8.10. The van der Waals surface area contributed by atoms with Crippen molar-refractivity contribution in [1.82, 2.24) is 0 Å². The Labute approximate surface area is 132 Å². The van der Waals surface area contributed by atoms with Gasteiger partial charge in [-0.15, -0.1) is 0 Å². The molecule has 0 aliphatic heterocycles. The topological polar surface area (TPSA) is 132 Å². The number of carboxylic acid groups (broad SMARTS) is 1. The molecule has 0 rings (SSSR count). The molecular formula is C11H25NO6S3. The lowest BCUT2D eigenvalue weighted by molar-refractivity contribution is -0.137. The van der Waals surface area contributed by atoms with Crippen LogP contribution >= 0.6 is 12.6 Å². The number of hydrogen-bond acceptors (Lipinski definition) is 7. The smallest absolute Gasteiger partial charge is 0.321 e. The van der Waals surface area contributed by atoms with Gasteiger partial charge in [-0.3, -0.25) is 4.79 Å². The summed E-state index contributed by atoms with van der Waals surface area (Å²) in [7, 11) is -7.14. The molecule has 0 fully saturated rings. The van der Waals surface area contributed by atoms with E-state index >= 15 is 0 Å². The maximum absolute atomic E-state index is 11.7. The van der Waals surface area contributed by atoms with Crippen LogP contribution in [-0.2, 0) is 24.5 Å². The van der Waals surface area contributed by atoms with Gasteiger partial charge >= 0.3 is 5.97 Å². The lowest BCUT2D eigenvalue weighted by Gasteiger charge is -2.26. The number of carboxylic acids is 1. The normalized spacial score (nSPS) is 14.0. The first-order chi connectivity index (χ1) is 9.36. The molecule has 0 heterocycles. The van der Waals surface area contributed by atoms with Gasteiger partial charge in [0.15, 0.2) is 23.8 Å². The highest BCUT2D eigenvalue weighted by atomic mass is 32.3. The SMILES string of the molecule is CCC(C)(S(=O)(=O)CC)S(=O)(=O)CC.NC(CS)C(=O)O. The van der Waals surface area contributed by atoms with Gasteiger partial charge in [-0.05, 0) is 13.3 Å². The number of rotatable bonds is 7. The quantitative estimate of drug-likeness (QED) is 0.555. The highest BCUT2D eigenvalue weighted by Gasteiger charge is 2.47. The van der Waals surface area contributed by atoms with Crippen LogP contribution in [-0.4, -0.2) is 55.3 Å². The van der Waals surface area contributed by atoms with Gasteiger partial charge in [-0.2, -0.15) is 12.6 Å². The molecule has 0 aromatic heterocycles. The van der Waals surface area contributed by atoms with Gasteiger partial charge < -0.3 is 10.8 Å². The Bertz CT molecular complexity index is 492. The van der Waals surface area contributed by atoms with Gasteiger partial charge in [0.05, 0.1) is 0 Å². The minimum absolute atomic E-state index is 0.0966. The van der Waals surface area contributed by atoms with Gasteiger partial charge in [0.2, 0.25) is 0 Å². The fourth-order valence-electron chi connectivity index (χ4n) is 1.32. The van der Waals surface area contributed by atoms with Crippen molar-refractivity contribution in [2.45, 2.75) is 44.2 Å². The predicted octanol–water partition coefficient (Wildman–Crippen LogP) is 0.310. The summed E-state index contributed by atoms with van der Waals surface area (Å²) in [6, 6.07) is -0.816. The van der Waals surface area contributed by atoms with Crippen LogP contribution in [0.2, 0.25) is 0 Å². The van der Waals surface area contributed by atoms with E-state index in [4.69, 9.17) is 10.8 Å². The molecule has 0 spiro atoms. The second-order valence-electron chi connectivity index (χ2n) is 4.42. The van der Waals surface area contributed by atoms with Crippen LogP contribution in [0.5, 0.6) is 0 Å². The zero-order chi connectivity index (χ0) is 17.5. The summed E-state index contributed by atoms with van der Waals surface area (Å²) in [5.74, 6) is -1.10. The second-order valence-corrected chi connectivity index (χ2v) is 10.5. The lowest BCUT2D eigenvalue weighted by atomic mass is 10.4. The average Bonchev–Trinajstić information content (AvgIpc) is 2.45. The van der Waals surface area contributed by atoms with Crippen LogP contribution in [0, 0.1) is 0 Å². The van der Waals surface area contributed by atoms with Crippen molar-refractivity contribution in [3.8, 4) is 0 Å². The van der Waals surface area contributed by atoms with Gasteiger partial charge in [-0.25, -0.2) is 16.8 Å². The van der Waals surface area contributed by atoms with Gasteiger partial charge in [0.1, 0.15) is 6.04 Å². The molecule has 0 amide bonds. The van der Waals surface area contributed by atoms with Crippen LogP contribution in [0.4, 0.5) is 0 Å². The number of hydrogen-bond donors (Lipinski definition) is 3. The molecule has 0 aliphatic carbocycles. The number of carbonyl (C=O) groups is 1. The molecule has 21 heavy (non-hydrogen) atoms. The van der Waals surface area contributed by atoms with Crippen molar-refractivity contribution in [2.75, 3.05) is 17.3 Å². The lowest BCUT2D eigenvalue weighted by Crippen LogP contribution is -2.44. The Morgan fingerprint density at radius 3 is 1.57 bits per heavy atom. The largest absolute Gasteiger partial charge is 0.480 e. The Balaban J connectivity index is 0. The summed E-state index contributed by atoms with van der Waals surface area (Å²) in [5, 5.41) is 8.01. The van der Waals surface area contributed by atoms with Gasteiger partial charge in [-0.1, -0.05) is 20.8 Å². The highest BCUT2D eigenvalue weighted by Crippen LogP contribution is 2.29. The van der Waals surface area contributed by atoms with Crippen molar-refractivity contribution in [3.05, 3.63) is 0 Å². The molecule has 7 nitrogen and oxygen atoms in total. The number of thiol groups is 1. The predicted molar refractivity (Wildman–Crippen MR) is 87.1 cm³/mol. The van der Waals surface area contributed by atoms with Crippen molar-refractivity contribution in [3.63, 3.8) is 0 Å². The number of aliphatic carboxylic acids is 1. The van der Waals surface area contributed by atoms with Crippen LogP contribution in [0.15, 0.2) is 0 Å². The van der Waals surface area contributed by atoms with E-state index in [9.17, 15) is 21.6 Å². The maximum Gasteiger partial charge on any atom is 0.321 e. The van der Waals surface area contributed by atoms with E-state index in [-0.39, 0.29) is 23.7 Å². The molecule has 0 radical (unpaired) electrons. The fraction of sp³-hybridized carbons (Fsp3) is 0.909. The van der Waals surface area contributed by atoms with Crippen molar-refractivity contribution in [2.24, 2.45) is 5.73 Å². The van der Waals surface area contributed by atoms with E-state index in [0.717, 1.165) is 0 Å². The minimum atomic E-state index is -3.57. The summed E-state index contributed by atoms with van der Waals surface area (Å²) in [4.78, 5) is 9.76. The first-order valence-electron chi connectivity index (χ1n) is 6.40.